The van der Waals surface area contributed by atoms with Gasteiger partial charge in [0.25, 0.3) is 5.56 Å². The highest BCUT2D eigenvalue weighted by molar-refractivity contribution is 5.99. The predicted octanol–water partition coefficient (Wildman–Crippen LogP) is 3.70. The highest BCUT2D eigenvalue weighted by atomic mass is 16.2. The number of anilines is 2. The summed E-state index contributed by atoms with van der Waals surface area (Å²) in [5, 5.41) is 2.03. The fourth-order valence-corrected chi connectivity index (χ4v) is 4.14. The van der Waals surface area contributed by atoms with Crippen LogP contribution in [0.15, 0.2) is 82.4 Å². The number of rotatable bonds is 8. The molecular weight excluding hydrogens is 428 g/mol. The molecule has 0 radical (unpaired) electrons. The number of nitrogen functional groups attached to an aromatic ring is 1. The van der Waals surface area contributed by atoms with Crippen LogP contribution in [0.1, 0.15) is 30.9 Å². The maximum atomic E-state index is 13.6. The lowest BCUT2D eigenvalue weighted by Crippen LogP contribution is -2.42. The second kappa shape index (κ2) is 10.2. The second-order valence-corrected chi connectivity index (χ2v) is 8.28. The fraction of sp³-hybridized carbons (Fsp3) is 0.222. The van der Waals surface area contributed by atoms with Crippen molar-refractivity contribution in [1.82, 2.24) is 9.55 Å². The molecule has 0 saturated heterocycles. The van der Waals surface area contributed by atoms with Crippen LogP contribution in [-0.2, 0) is 17.8 Å². The Hall–Kier alpha value is -4.13. The number of hydrogen-bond donors (Lipinski definition) is 2. The number of fused-ring (bicyclic) bond motifs is 1. The zero-order valence-corrected chi connectivity index (χ0v) is 19.2. The molecule has 0 unspecified atom stereocenters. The van der Waals surface area contributed by atoms with Crippen molar-refractivity contribution >= 4 is 28.2 Å². The first-order valence-corrected chi connectivity index (χ1v) is 11.4. The van der Waals surface area contributed by atoms with E-state index in [0.29, 0.717) is 13.0 Å². The number of carbonyl (C=O) groups is 1. The van der Waals surface area contributed by atoms with E-state index >= 15 is 0 Å². The van der Waals surface area contributed by atoms with Crippen molar-refractivity contribution in [2.24, 2.45) is 0 Å². The lowest BCUT2D eigenvalue weighted by Gasteiger charge is -2.25. The topological polar surface area (TPSA) is 101 Å². The molecular formula is C27H28N4O3. The molecule has 0 spiro atoms. The number of aromatic amines is 1. The predicted molar refractivity (Wildman–Crippen MR) is 136 cm³/mol. The molecule has 4 rings (SSSR count). The molecule has 0 saturated carbocycles. The van der Waals surface area contributed by atoms with Crippen molar-refractivity contribution in [2.75, 3.05) is 17.2 Å². The number of carbonyl (C=O) groups excluding carboxylic acids is 1. The molecule has 0 aliphatic rings. The maximum absolute atomic E-state index is 13.6. The van der Waals surface area contributed by atoms with Gasteiger partial charge in [0.1, 0.15) is 5.82 Å². The molecule has 174 valence electrons. The number of aromatic nitrogens is 2. The number of nitrogens with zero attached hydrogens (tertiary/aromatic N) is 2. The molecule has 3 N–H and O–H groups in total. The number of nitrogens with two attached hydrogens (primary N) is 1. The van der Waals surface area contributed by atoms with Gasteiger partial charge in [-0.05, 0) is 28.3 Å². The smallest absolute Gasteiger partial charge is 0.330 e. The van der Waals surface area contributed by atoms with Crippen molar-refractivity contribution in [2.45, 2.75) is 32.7 Å². The number of hydrogen-bond acceptors (Lipinski definition) is 4. The standard InChI is InChI=1S/C27H28N4O3/c1-2-3-16-30(23(32)17-21-14-9-13-20-12-7-8-15-22(20)21)24-25(28)31(27(34)29-26(24)33)18-19-10-5-4-6-11-19/h4-15H,2-3,16-18,28H2,1H3,(H,29,33,34). The van der Waals surface area contributed by atoms with Crippen LogP contribution in [0.25, 0.3) is 10.8 Å². The molecule has 1 amide bonds. The first kappa shape index (κ1) is 23.0. The lowest BCUT2D eigenvalue weighted by atomic mass is 10.0. The summed E-state index contributed by atoms with van der Waals surface area (Å²) in [4.78, 5) is 42.8. The van der Waals surface area contributed by atoms with Gasteiger partial charge in [0, 0.05) is 6.54 Å². The zero-order chi connectivity index (χ0) is 24.1. The van der Waals surface area contributed by atoms with Gasteiger partial charge in [-0.2, -0.15) is 0 Å². The van der Waals surface area contributed by atoms with Gasteiger partial charge in [0.15, 0.2) is 5.69 Å². The van der Waals surface area contributed by atoms with E-state index in [4.69, 9.17) is 5.73 Å². The Bertz CT molecular complexity index is 1420. The van der Waals surface area contributed by atoms with E-state index in [-0.39, 0.29) is 30.4 Å². The molecule has 4 aromatic rings. The van der Waals surface area contributed by atoms with Crippen LogP contribution < -0.4 is 21.9 Å². The largest absolute Gasteiger partial charge is 0.383 e. The van der Waals surface area contributed by atoms with E-state index in [9.17, 15) is 14.4 Å². The van der Waals surface area contributed by atoms with E-state index in [1.165, 1.54) is 9.47 Å². The molecule has 0 aliphatic heterocycles. The third-order valence-corrected chi connectivity index (χ3v) is 5.93. The average Bonchev–Trinajstić information content (AvgIpc) is 2.84. The van der Waals surface area contributed by atoms with Crippen LogP contribution in [0, 0.1) is 0 Å². The van der Waals surface area contributed by atoms with Crippen LogP contribution in [-0.4, -0.2) is 22.0 Å². The molecule has 0 bridgehead atoms. The van der Waals surface area contributed by atoms with Gasteiger partial charge >= 0.3 is 5.69 Å². The van der Waals surface area contributed by atoms with E-state index in [1.54, 1.807) is 0 Å². The Morgan fingerprint density at radius 2 is 1.68 bits per heavy atom. The Morgan fingerprint density at radius 1 is 0.971 bits per heavy atom. The third kappa shape index (κ3) is 4.78. The summed E-state index contributed by atoms with van der Waals surface area (Å²) >= 11 is 0. The molecule has 0 atom stereocenters. The quantitative estimate of drug-likeness (QED) is 0.422. The van der Waals surface area contributed by atoms with Crippen molar-refractivity contribution in [3.05, 3.63) is 105 Å². The summed E-state index contributed by atoms with van der Waals surface area (Å²) in [5.74, 6) is -0.258. The maximum Gasteiger partial charge on any atom is 0.330 e. The van der Waals surface area contributed by atoms with Gasteiger partial charge in [-0.3, -0.25) is 19.1 Å². The van der Waals surface area contributed by atoms with Gasteiger partial charge in [-0.1, -0.05) is 86.1 Å². The van der Waals surface area contributed by atoms with Gasteiger partial charge in [-0.25, -0.2) is 4.79 Å². The first-order valence-electron chi connectivity index (χ1n) is 11.4. The summed E-state index contributed by atoms with van der Waals surface area (Å²) in [7, 11) is 0. The van der Waals surface area contributed by atoms with Crippen LogP contribution >= 0.6 is 0 Å². The molecule has 1 heterocycles. The highest BCUT2D eigenvalue weighted by Gasteiger charge is 2.24. The number of nitrogens with one attached hydrogen (secondary N) is 1. The molecule has 7 heteroatoms. The lowest BCUT2D eigenvalue weighted by molar-refractivity contribution is -0.118. The first-order chi connectivity index (χ1) is 16.5. The van der Waals surface area contributed by atoms with Crippen LogP contribution in [0.5, 0.6) is 0 Å². The van der Waals surface area contributed by atoms with Gasteiger partial charge in [-0.15, -0.1) is 0 Å². The van der Waals surface area contributed by atoms with Crippen molar-refractivity contribution in [1.29, 1.82) is 0 Å². The zero-order valence-electron chi connectivity index (χ0n) is 19.2. The monoisotopic (exact) mass is 456 g/mol. The normalized spacial score (nSPS) is 11.0. The summed E-state index contributed by atoms with van der Waals surface area (Å²) in [5.41, 5.74) is 6.87. The minimum atomic E-state index is -0.658. The SMILES string of the molecule is CCCCN(C(=O)Cc1cccc2ccccc12)c1c(N)n(Cc2ccccc2)c(=O)[nH]c1=O. The van der Waals surface area contributed by atoms with E-state index < -0.39 is 11.2 Å². The molecule has 3 aromatic carbocycles. The molecule has 7 nitrogen and oxygen atoms in total. The summed E-state index contributed by atoms with van der Waals surface area (Å²) in [6.07, 6.45) is 1.64. The summed E-state index contributed by atoms with van der Waals surface area (Å²) in [6, 6.07) is 23.1. The Morgan fingerprint density at radius 3 is 2.44 bits per heavy atom. The molecule has 34 heavy (non-hydrogen) atoms. The van der Waals surface area contributed by atoms with E-state index in [2.05, 4.69) is 4.98 Å². The Labute approximate surface area is 197 Å². The minimum absolute atomic E-state index is 0.0139. The minimum Gasteiger partial charge on any atom is -0.383 e. The molecule has 1 aromatic heterocycles. The van der Waals surface area contributed by atoms with Gasteiger partial charge in [0.05, 0.1) is 13.0 Å². The fourth-order valence-electron chi connectivity index (χ4n) is 4.14. The molecule has 0 aliphatic carbocycles. The van der Waals surface area contributed by atoms with Gasteiger partial charge < -0.3 is 10.6 Å². The van der Waals surface area contributed by atoms with E-state index in [0.717, 1.165) is 28.3 Å². The Kier molecular flexibility index (Phi) is 6.92. The number of benzene rings is 3. The van der Waals surface area contributed by atoms with Crippen molar-refractivity contribution < 1.29 is 4.79 Å². The van der Waals surface area contributed by atoms with Crippen molar-refractivity contribution in [3.63, 3.8) is 0 Å². The highest BCUT2D eigenvalue weighted by Crippen LogP contribution is 2.23. The van der Waals surface area contributed by atoms with Gasteiger partial charge in [0.2, 0.25) is 5.91 Å². The average molecular weight is 457 g/mol. The van der Waals surface area contributed by atoms with E-state index in [1.807, 2.05) is 79.7 Å². The van der Waals surface area contributed by atoms with Crippen molar-refractivity contribution in [3.8, 4) is 0 Å². The number of unbranched alkanes of at least 4 members (excludes halogenated alkanes) is 1. The number of amides is 1. The summed E-state index contributed by atoms with van der Waals surface area (Å²) < 4.78 is 1.30. The summed E-state index contributed by atoms with van der Waals surface area (Å²) in [6.45, 7) is 2.53. The van der Waals surface area contributed by atoms with Crippen LogP contribution in [0.3, 0.4) is 0 Å². The third-order valence-electron chi connectivity index (χ3n) is 5.93. The van der Waals surface area contributed by atoms with Crippen LogP contribution in [0.2, 0.25) is 0 Å². The Balaban J connectivity index is 1.74. The number of H-pyrrole nitrogens is 1. The second-order valence-electron chi connectivity index (χ2n) is 8.28. The van der Waals surface area contributed by atoms with Crippen LogP contribution in [0.4, 0.5) is 11.5 Å². The molecule has 0 fully saturated rings.